The fourth-order valence-electron chi connectivity index (χ4n) is 2.54. The molecule has 0 bridgehead atoms. The molecule has 0 aliphatic heterocycles. The van der Waals surface area contributed by atoms with Gasteiger partial charge >= 0.3 is 0 Å². The summed E-state index contributed by atoms with van der Waals surface area (Å²) in [5.74, 6) is -0.154. The van der Waals surface area contributed by atoms with Gasteiger partial charge in [0.05, 0.1) is 11.5 Å². The number of carbonyl (C=O) groups excluding carboxylic acids is 1. The van der Waals surface area contributed by atoms with E-state index >= 15 is 0 Å². The lowest BCUT2D eigenvalue weighted by Gasteiger charge is -2.23. The molecule has 0 unspecified atom stereocenters. The largest absolute Gasteiger partial charge is 0.395 e. The van der Waals surface area contributed by atoms with Crippen molar-refractivity contribution in [2.24, 2.45) is 7.05 Å². The van der Waals surface area contributed by atoms with Crippen molar-refractivity contribution in [1.29, 1.82) is 0 Å². The number of aliphatic hydroxyl groups excluding tert-OH is 1. The molecule has 1 aromatic carbocycles. The van der Waals surface area contributed by atoms with Crippen LogP contribution in [0.2, 0.25) is 0 Å². The van der Waals surface area contributed by atoms with Crippen LogP contribution in [0.4, 0.5) is 11.4 Å². The molecule has 24 heavy (non-hydrogen) atoms. The molecule has 2 aromatic rings. The van der Waals surface area contributed by atoms with Crippen LogP contribution in [0.15, 0.2) is 30.6 Å². The molecule has 8 nitrogen and oxygen atoms in total. The van der Waals surface area contributed by atoms with Crippen LogP contribution in [0.1, 0.15) is 29.5 Å². The smallest absolute Gasteiger partial charge is 0.293 e. The molecule has 0 aliphatic carbocycles. The molecule has 8 heteroatoms. The summed E-state index contributed by atoms with van der Waals surface area (Å²) in [6, 6.07) is 4.38. The summed E-state index contributed by atoms with van der Waals surface area (Å²) in [6.45, 7) is 2.72. The number of nitro benzene ring substituents is 1. The van der Waals surface area contributed by atoms with E-state index in [0.717, 1.165) is 6.42 Å². The number of hydrogen-bond acceptors (Lipinski definition) is 6. The summed E-state index contributed by atoms with van der Waals surface area (Å²) in [5, 5.41) is 20.6. The van der Waals surface area contributed by atoms with E-state index in [1.54, 1.807) is 34.8 Å². The Kier molecular flexibility index (Phi) is 5.64. The number of aryl methyl sites for hydroxylation is 1. The maximum atomic E-state index is 12.5. The molecule has 128 valence electrons. The normalized spacial score (nSPS) is 10.6. The van der Waals surface area contributed by atoms with E-state index in [0.29, 0.717) is 18.8 Å². The number of hydrogen-bond donors (Lipinski definition) is 1. The third kappa shape index (κ3) is 3.60. The molecule has 1 aromatic heterocycles. The molecule has 0 saturated carbocycles. The zero-order valence-electron chi connectivity index (χ0n) is 13.7. The minimum absolute atomic E-state index is 0.106. The predicted molar refractivity (Wildman–Crippen MR) is 89.3 cm³/mol. The number of carbonyl (C=O) groups is 1. The maximum Gasteiger partial charge on any atom is 0.293 e. The highest BCUT2D eigenvalue weighted by Crippen LogP contribution is 2.30. The fraction of sp³-hybridized carbons (Fsp3) is 0.375. The van der Waals surface area contributed by atoms with E-state index in [1.165, 1.54) is 12.3 Å². The van der Waals surface area contributed by atoms with Gasteiger partial charge in [-0.3, -0.25) is 14.9 Å². The van der Waals surface area contributed by atoms with Gasteiger partial charge in [-0.2, -0.15) is 0 Å². The van der Waals surface area contributed by atoms with Crippen LogP contribution in [0.3, 0.4) is 0 Å². The Morgan fingerprint density at radius 2 is 2.17 bits per heavy atom. The summed E-state index contributed by atoms with van der Waals surface area (Å²) >= 11 is 0. The summed E-state index contributed by atoms with van der Waals surface area (Å²) in [4.78, 5) is 29.1. The van der Waals surface area contributed by atoms with Crippen molar-refractivity contribution in [3.63, 3.8) is 0 Å². The van der Waals surface area contributed by atoms with Gasteiger partial charge in [-0.25, -0.2) is 4.98 Å². The first-order valence-electron chi connectivity index (χ1n) is 7.65. The molecule has 2 rings (SSSR count). The predicted octanol–water partition coefficient (Wildman–Crippen LogP) is 1.77. The highest BCUT2D eigenvalue weighted by Gasteiger charge is 2.23. The monoisotopic (exact) mass is 332 g/mol. The highest BCUT2D eigenvalue weighted by atomic mass is 16.6. The third-order valence-electron chi connectivity index (χ3n) is 3.66. The zero-order valence-corrected chi connectivity index (χ0v) is 13.7. The van der Waals surface area contributed by atoms with Crippen LogP contribution < -0.4 is 4.90 Å². The van der Waals surface area contributed by atoms with Crippen LogP contribution in [-0.2, 0) is 7.05 Å². The summed E-state index contributed by atoms with van der Waals surface area (Å²) in [6.07, 6.45) is 3.92. The molecular formula is C16H20N4O4. The Morgan fingerprint density at radius 1 is 1.42 bits per heavy atom. The number of benzene rings is 1. The van der Waals surface area contributed by atoms with Gasteiger partial charge in [-0.15, -0.1) is 0 Å². The van der Waals surface area contributed by atoms with Crippen LogP contribution in [0, 0.1) is 10.1 Å². The van der Waals surface area contributed by atoms with Crippen molar-refractivity contribution in [2.45, 2.75) is 13.3 Å². The van der Waals surface area contributed by atoms with E-state index in [9.17, 15) is 20.0 Å². The molecule has 0 amide bonds. The van der Waals surface area contributed by atoms with Gasteiger partial charge in [0, 0.05) is 44.2 Å². The number of aliphatic hydroxyl groups is 1. The van der Waals surface area contributed by atoms with Crippen molar-refractivity contribution in [1.82, 2.24) is 9.55 Å². The number of nitrogens with zero attached hydrogens (tertiary/aromatic N) is 4. The second-order valence-corrected chi connectivity index (χ2v) is 5.36. The standard InChI is InChI=1S/C16H20N4O4/c1-3-7-19(9-10-21)13-5-4-12(11-14(13)20(23)24)15(22)16-17-6-8-18(16)2/h4-6,8,11,21H,3,7,9-10H2,1-2H3. The van der Waals surface area contributed by atoms with E-state index in [1.807, 2.05) is 6.92 Å². The first-order valence-corrected chi connectivity index (χ1v) is 7.65. The Hall–Kier alpha value is -2.74. The van der Waals surface area contributed by atoms with Gasteiger partial charge in [0.15, 0.2) is 5.82 Å². The molecule has 0 radical (unpaired) electrons. The van der Waals surface area contributed by atoms with E-state index in [-0.39, 0.29) is 29.5 Å². The number of rotatable bonds is 8. The Bertz CT molecular complexity index is 735. The highest BCUT2D eigenvalue weighted by molar-refractivity contribution is 6.07. The lowest BCUT2D eigenvalue weighted by atomic mass is 10.1. The van der Waals surface area contributed by atoms with Crippen LogP contribution in [-0.4, -0.2) is 45.1 Å². The van der Waals surface area contributed by atoms with E-state index < -0.39 is 4.92 Å². The summed E-state index contributed by atoms with van der Waals surface area (Å²) in [7, 11) is 1.69. The lowest BCUT2D eigenvalue weighted by Crippen LogP contribution is -2.28. The molecule has 0 fully saturated rings. The first-order chi connectivity index (χ1) is 11.5. The SMILES string of the molecule is CCCN(CCO)c1ccc(C(=O)c2nccn2C)cc1[N+](=O)[O-]. The number of imidazole rings is 1. The summed E-state index contributed by atoms with van der Waals surface area (Å²) in [5.41, 5.74) is 0.449. The molecule has 1 N–H and O–H groups in total. The lowest BCUT2D eigenvalue weighted by molar-refractivity contribution is -0.384. The summed E-state index contributed by atoms with van der Waals surface area (Å²) < 4.78 is 1.57. The topological polar surface area (TPSA) is 102 Å². The van der Waals surface area contributed by atoms with Gasteiger partial charge in [0.2, 0.25) is 5.78 Å². The Morgan fingerprint density at radius 3 is 2.71 bits per heavy atom. The number of ketones is 1. The molecule has 0 aliphatic rings. The molecular weight excluding hydrogens is 312 g/mol. The minimum atomic E-state index is -0.509. The number of aromatic nitrogens is 2. The van der Waals surface area contributed by atoms with Crippen LogP contribution in [0.5, 0.6) is 0 Å². The van der Waals surface area contributed by atoms with Crippen LogP contribution in [0.25, 0.3) is 0 Å². The Balaban J connectivity index is 2.44. The molecule has 0 spiro atoms. The molecule has 0 atom stereocenters. The zero-order chi connectivity index (χ0) is 17.7. The van der Waals surface area contributed by atoms with Crippen molar-refractivity contribution in [2.75, 3.05) is 24.6 Å². The van der Waals surface area contributed by atoms with Crippen molar-refractivity contribution in [3.8, 4) is 0 Å². The third-order valence-corrected chi connectivity index (χ3v) is 3.66. The number of nitro groups is 1. The molecule has 0 saturated heterocycles. The van der Waals surface area contributed by atoms with Gasteiger partial charge in [0.1, 0.15) is 5.69 Å². The van der Waals surface area contributed by atoms with Crippen molar-refractivity contribution < 1.29 is 14.8 Å². The van der Waals surface area contributed by atoms with Gasteiger partial charge in [-0.05, 0) is 18.6 Å². The van der Waals surface area contributed by atoms with Crippen molar-refractivity contribution in [3.05, 3.63) is 52.1 Å². The van der Waals surface area contributed by atoms with Gasteiger partial charge in [-0.1, -0.05) is 6.92 Å². The van der Waals surface area contributed by atoms with Crippen LogP contribution >= 0.6 is 0 Å². The number of anilines is 1. The van der Waals surface area contributed by atoms with Gasteiger partial charge < -0.3 is 14.6 Å². The second kappa shape index (κ2) is 7.69. The fourth-order valence-corrected chi connectivity index (χ4v) is 2.54. The van der Waals surface area contributed by atoms with E-state index in [2.05, 4.69) is 4.98 Å². The van der Waals surface area contributed by atoms with E-state index in [4.69, 9.17) is 0 Å². The maximum absolute atomic E-state index is 12.5. The quantitative estimate of drug-likeness (QED) is 0.449. The first kappa shape index (κ1) is 17.6. The average Bonchev–Trinajstić information content (AvgIpc) is 2.99. The van der Waals surface area contributed by atoms with Crippen molar-refractivity contribution >= 4 is 17.2 Å². The second-order valence-electron chi connectivity index (χ2n) is 5.36. The average molecular weight is 332 g/mol. The Labute approximate surface area is 139 Å². The minimum Gasteiger partial charge on any atom is -0.395 e. The molecule has 1 heterocycles. The van der Waals surface area contributed by atoms with Gasteiger partial charge in [0.25, 0.3) is 5.69 Å².